The first-order chi connectivity index (χ1) is 7.15. The standard InChI is InChI=1S/C8H9Cl2N3O2/c9-6-4-5(7(10)13-12-6)8(15)11-2-1-3-14/h4,14H,1-3H2,(H,11,15). The summed E-state index contributed by atoms with van der Waals surface area (Å²) in [6.07, 6.45) is 0.482. The molecule has 0 fully saturated rings. The van der Waals surface area contributed by atoms with E-state index in [1.54, 1.807) is 0 Å². The molecule has 0 saturated carbocycles. The zero-order valence-corrected chi connectivity index (χ0v) is 9.22. The summed E-state index contributed by atoms with van der Waals surface area (Å²) in [6, 6.07) is 1.34. The van der Waals surface area contributed by atoms with Gasteiger partial charge in [-0.05, 0) is 12.5 Å². The van der Waals surface area contributed by atoms with Gasteiger partial charge >= 0.3 is 0 Å². The molecule has 0 bridgehead atoms. The van der Waals surface area contributed by atoms with Gasteiger partial charge in [-0.25, -0.2) is 0 Å². The van der Waals surface area contributed by atoms with E-state index in [1.807, 2.05) is 0 Å². The first-order valence-corrected chi connectivity index (χ1v) is 4.98. The molecule has 0 unspecified atom stereocenters. The van der Waals surface area contributed by atoms with Crippen molar-refractivity contribution in [3.05, 3.63) is 21.9 Å². The lowest BCUT2D eigenvalue weighted by Gasteiger charge is -2.04. The van der Waals surface area contributed by atoms with E-state index < -0.39 is 0 Å². The fourth-order valence-electron chi connectivity index (χ4n) is 0.888. The van der Waals surface area contributed by atoms with Crippen LogP contribution >= 0.6 is 23.2 Å². The van der Waals surface area contributed by atoms with E-state index in [0.29, 0.717) is 13.0 Å². The molecule has 0 radical (unpaired) electrons. The number of carbonyl (C=O) groups excluding carboxylic acids is 1. The third-order valence-corrected chi connectivity index (χ3v) is 2.05. The molecule has 0 atom stereocenters. The topological polar surface area (TPSA) is 75.1 Å². The van der Waals surface area contributed by atoms with Crippen molar-refractivity contribution >= 4 is 29.1 Å². The van der Waals surface area contributed by atoms with Crippen LogP contribution in [-0.4, -0.2) is 34.4 Å². The van der Waals surface area contributed by atoms with Crippen LogP contribution in [0.15, 0.2) is 6.07 Å². The highest BCUT2D eigenvalue weighted by Crippen LogP contribution is 2.14. The maximum absolute atomic E-state index is 11.5. The van der Waals surface area contributed by atoms with Crippen LogP contribution in [0.2, 0.25) is 10.3 Å². The number of hydrogen-bond acceptors (Lipinski definition) is 4. The fourth-order valence-corrected chi connectivity index (χ4v) is 1.21. The third kappa shape index (κ3) is 3.62. The van der Waals surface area contributed by atoms with Crippen molar-refractivity contribution in [3.8, 4) is 0 Å². The van der Waals surface area contributed by atoms with Crippen LogP contribution in [0.4, 0.5) is 0 Å². The molecule has 0 aliphatic carbocycles. The molecule has 1 amide bonds. The van der Waals surface area contributed by atoms with Crippen molar-refractivity contribution in [1.29, 1.82) is 0 Å². The highest BCUT2D eigenvalue weighted by atomic mass is 35.5. The number of hydrogen-bond donors (Lipinski definition) is 2. The van der Waals surface area contributed by atoms with Crippen LogP contribution < -0.4 is 5.32 Å². The van der Waals surface area contributed by atoms with Gasteiger partial charge in [-0.15, -0.1) is 10.2 Å². The van der Waals surface area contributed by atoms with Gasteiger partial charge in [0.1, 0.15) is 0 Å². The van der Waals surface area contributed by atoms with Crippen molar-refractivity contribution in [2.45, 2.75) is 6.42 Å². The summed E-state index contributed by atoms with van der Waals surface area (Å²) < 4.78 is 0. The largest absolute Gasteiger partial charge is 0.396 e. The molecule has 0 aromatic carbocycles. The molecule has 7 heteroatoms. The molecule has 0 aliphatic rings. The summed E-state index contributed by atoms with van der Waals surface area (Å²) in [5.74, 6) is -0.384. The summed E-state index contributed by atoms with van der Waals surface area (Å²) in [5, 5.41) is 18.2. The molecule has 0 saturated heterocycles. The first-order valence-electron chi connectivity index (χ1n) is 4.23. The van der Waals surface area contributed by atoms with Gasteiger partial charge in [0.2, 0.25) is 0 Å². The molecular weight excluding hydrogens is 241 g/mol. The average Bonchev–Trinajstić information content (AvgIpc) is 2.22. The van der Waals surface area contributed by atoms with Crippen LogP contribution in [0.1, 0.15) is 16.8 Å². The smallest absolute Gasteiger partial charge is 0.254 e. The normalized spacial score (nSPS) is 10.1. The molecule has 1 aromatic rings. The number of nitrogens with one attached hydrogen (secondary N) is 1. The van der Waals surface area contributed by atoms with Gasteiger partial charge in [-0.3, -0.25) is 4.79 Å². The van der Waals surface area contributed by atoms with Gasteiger partial charge in [0.25, 0.3) is 5.91 Å². The Morgan fingerprint density at radius 3 is 2.87 bits per heavy atom. The highest BCUT2D eigenvalue weighted by molar-refractivity contribution is 6.34. The Balaban J connectivity index is 2.68. The third-order valence-electron chi connectivity index (χ3n) is 1.58. The van der Waals surface area contributed by atoms with Crippen LogP contribution in [0.5, 0.6) is 0 Å². The predicted molar refractivity (Wildman–Crippen MR) is 56.1 cm³/mol. The Kier molecular flexibility index (Phi) is 4.74. The van der Waals surface area contributed by atoms with Gasteiger partial charge in [0.05, 0.1) is 5.56 Å². The lowest BCUT2D eigenvalue weighted by atomic mass is 10.3. The number of aliphatic hydroxyl groups excluding tert-OH is 1. The van der Waals surface area contributed by atoms with E-state index in [4.69, 9.17) is 28.3 Å². The number of nitrogens with zero attached hydrogens (tertiary/aromatic N) is 2. The lowest BCUT2D eigenvalue weighted by molar-refractivity contribution is 0.0951. The fraction of sp³-hybridized carbons (Fsp3) is 0.375. The van der Waals surface area contributed by atoms with Crippen LogP contribution in [0.25, 0.3) is 0 Å². The van der Waals surface area contributed by atoms with Crippen molar-refractivity contribution in [2.75, 3.05) is 13.2 Å². The average molecular weight is 250 g/mol. The number of rotatable bonds is 4. The molecular formula is C8H9Cl2N3O2. The highest BCUT2D eigenvalue weighted by Gasteiger charge is 2.12. The van der Waals surface area contributed by atoms with Gasteiger partial charge in [-0.2, -0.15) is 0 Å². The zero-order valence-electron chi connectivity index (χ0n) is 7.70. The van der Waals surface area contributed by atoms with E-state index in [-0.39, 0.29) is 28.4 Å². The predicted octanol–water partition coefficient (Wildman–Crippen LogP) is 0.896. The van der Waals surface area contributed by atoms with Crippen molar-refractivity contribution in [3.63, 3.8) is 0 Å². The summed E-state index contributed by atoms with van der Waals surface area (Å²) in [6.45, 7) is 0.384. The van der Waals surface area contributed by atoms with E-state index >= 15 is 0 Å². The van der Waals surface area contributed by atoms with Crippen LogP contribution in [0, 0.1) is 0 Å². The number of carbonyl (C=O) groups is 1. The Hall–Kier alpha value is -0.910. The number of aliphatic hydroxyl groups is 1. The zero-order chi connectivity index (χ0) is 11.3. The second-order valence-electron chi connectivity index (χ2n) is 2.70. The maximum Gasteiger partial charge on any atom is 0.254 e. The number of halogens is 2. The minimum atomic E-state index is -0.384. The monoisotopic (exact) mass is 249 g/mol. The quantitative estimate of drug-likeness (QED) is 0.778. The summed E-state index contributed by atoms with van der Waals surface area (Å²) in [7, 11) is 0. The lowest BCUT2D eigenvalue weighted by Crippen LogP contribution is -2.25. The molecule has 5 nitrogen and oxygen atoms in total. The summed E-state index contributed by atoms with van der Waals surface area (Å²) in [5.41, 5.74) is 0.176. The molecule has 0 aliphatic heterocycles. The first kappa shape index (κ1) is 12.2. The molecule has 82 valence electrons. The molecule has 2 N–H and O–H groups in total. The van der Waals surface area contributed by atoms with Gasteiger partial charge in [0, 0.05) is 13.2 Å². The Morgan fingerprint density at radius 1 is 1.47 bits per heavy atom. The van der Waals surface area contributed by atoms with E-state index in [0.717, 1.165) is 0 Å². The van der Waals surface area contributed by atoms with E-state index in [1.165, 1.54) is 6.07 Å². The Bertz CT molecular complexity index is 360. The molecule has 0 spiro atoms. The Morgan fingerprint density at radius 2 is 2.20 bits per heavy atom. The number of aromatic nitrogens is 2. The number of amides is 1. The van der Waals surface area contributed by atoms with Gasteiger partial charge in [-0.1, -0.05) is 23.2 Å². The van der Waals surface area contributed by atoms with E-state index in [2.05, 4.69) is 15.5 Å². The van der Waals surface area contributed by atoms with Crippen molar-refractivity contribution in [1.82, 2.24) is 15.5 Å². The van der Waals surface area contributed by atoms with Gasteiger partial charge in [0.15, 0.2) is 10.3 Å². The second-order valence-corrected chi connectivity index (χ2v) is 3.45. The molecule has 1 rings (SSSR count). The SMILES string of the molecule is O=C(NCCCO)c1cc(Cl)nnc1Cl. The molecule has 15 heavy (non-hydrogen) atoms. The van der Waals surface area contributed by atoms with Crippen LogP contribution in [-0.2, 0) is 0 Å². The van der Waals surface area contributed by atoms with Gasteiger partial charge < -0.3 is 10.4 Å². The second kappa shape index (κ2) is 5.85. The molecule has 1 aromatic heterocycles. The minimum Gasteiger partial charge on any atom is -0.396 e. The van der Waals surface area contributed by atoms with Crippen molar-refractivity contribution < 1.29 is 9.90 Å². The summed E-state index contributed by atoms with van der Waals surface area (Å²) >= 11 is 11.2. The van der Waals surface area contributed by atoms with Crippen molar-refractivity contribution in [2.24, 2.45) is 0 Å². The van der Waals surface area contributed by atoms with Crippen LogP contribution in [0.3, 0.4) is 0 Å². The maximum atomic E-state index is 11.5. The molecule has 1 heterocycles. The van der Waals surface area contributed by atoms with E-state index in [9.17, 15) is 4.79 Å². The minimum absolute atomic E-state index is 0.000832. The summed E-state index contributed by atoms with van der Waals surface area (Å²) in [4.78, 5) is 11.5. The Labute approximate surface area is 96.4 Å².